The lowest BCUT2D eigenvalue weighted by Crippen LogP contribution is -2.13. The second-order valence-electron chi connectivity index (χ2n) is 5.71. The molecule has 7 heteroatoms. The molecule has 0 atom stereocenters. The number of nitrogens with zero attached hydrogens (tertiary/aromatic N) is 2. The SMILES string of the molecule is O=S(=O)(Nc1ccc(-c2cn3ccccc3n2)cc1)c1ccccc1Br. The molecule has 4 aromatic rings. The largest absolute Gasteiger partial charge is 0.306 e. The summed E-state index contributed by atoms with van der Waals surface area (Å²) in [6.07, 6.45) is 3.88. The summed E-state index contributed by atoms with van der Waals surface area (Å²) >= 11 is 3.27. The van der Waals surface area contributed by atoms with Gasteiger partial charge in [-0.1, -0.05) is 30.3 Å². The maximum atomic E-state index is 12.5. The van der Waals surface area contributed by atoms with Gasteiger partial charge in [-0.25, -0.2) is 13.4 Å². The summed E-state index contributed by atoms with van der Waals surface area (Å²) in [7, 11) is -3.66. The van der Waals surface area contributed by atoms with Crippen LogP contribution >= 0.6 is 15.9 Å². The van der Waals surface area contributed by atoms with Crippen molar-refractivity contribution in [1.29, 1.82) is 0 Å². The third-order valence-electron chi connectivity index (χ3n) is 3.92. The number of hydrogen-bond donors (Lipinski definition) is 1. The van der Waals surface area contributed by atoms with Gasteiger partial charge in [0.1, 0.15) is 10.5 Å². The van der Waals surface area contributed by atoms with Gasteiger partial charge in [0.15, 0.2) is 0 Å². The van der Waals surface area contributed by atoms with Gasteiger partial charge >= 0.3 is 0 Å². The molecular formula is C19H14BrN3O2S. The average Bonchev–Trinajstić information content (AvgIpc) is 3.06. The lowest BCUT2D eigenvalue weighted by atomic mass is 10.1. The Bertz CT molecular complexity index is 1150. The second kappa shape index (κ2) is 6.59. The maximum absolute atomic E-state index is 12.5. The second-order valence-corrected chi connectivity index (χ2v) is 8.21. The predicted octanol–water partition coefficient (Wildman–Crippen LogP) is 4.56. The molecular weight excluding hydrogens is 414 g/mol. The minimum Gasteiger partial charge on any atom is -0.306 e. The fraction of sp³-hybridized carbons (Fsp3) is 0. The number of nitrogens with one attached hydrogen (secondary N) is 1. The molecule has 0 radical (unpaired) electrons. The topological polar surface area (TPSA) is 63.5 Å². The van der Waals surface area contributed by atoms with Crippen LogP contribution in [0.2, 0.25) is 0 Å². The Morgan fingerprint density at radius 2 is 1.65 bits per heavy atom. The van der Waals surface area contributed by atoms with E-state index in [4.69, 9.17) is 0 Å². The van der Waals surface area contributed by atoms with Crippen LogP contribution in [0.1, 0.15) is 0 Å². The van der Waals surface area contributed by atoms with Gasteiger partial charge in [-0.15, -0.1) is 0 Å². The lowest BCUT2D eigenvalue weighted by Gasteiger charge is -2.09. The molecule has 130 valence electrons. The van der Waals surface area contributed by atoms with Crippen molar-refractivity contribution in [3.05, 3.63) is 83.6 Å². The summed E-state index contributed by atoms with van der Waals surface area (Å²) in [5, 5.41) is 0. The lowest BCUT2D eigenvalue weighted by molar-refractivity contribution is 0.601. The summed E-state index contributed by atoms with van der Waals surface area (Å²) in [6, 6.07) is 19.7. The highest BCUT2D eigenvalue weighted by atomic mass is 79.9. The Hall–Kier alpha value is -2.64. The molecule has 0 saturated carbocycles. The van der Waals surface area contributed by atoms with E-state index in [9.17, 15) is 8.42 Å². The van der Waals surface area contributed by atoms with E-state index < -0.39 is 10.0 Å². The van der Waals surface area contributed by atoms with Crippen molar-refractivity contribution in [3.8, 4) is 11.3 Å². The highest BCUT2D eigenvalue weighted by Gasteiger charge is 2.17. The van der Waals surface area contributed by atoms with Gasteiger partial charge in [-0.05, 0) is 52.3 Å². The molecule has 0 aliphatic carbocycles. The number of hydrogen-bond acceptors (Lipinski definition) is 3. The number of sulfonamides is 1. The number of fused-ring (bicyclic) bond motifs is 1. The predicted molar refractivity (Wildman–Crippen MR) is 106 cm³/mol. The van der Waals surface area contributed by atoms with E-state index in [1.54, 1.807) is 36.4 Å². The molecule has 0 saturated heterocycles. The number of aromatic nitrogens is 2. The van der Waals surface area contributed by atoms with Gasteiger partial charge in [0.05, 0.1) is 5.69 Å². The van der Waals surface area contributed by atoms with Crippen LogP contribution in [0.15, 0.2) is 88.5 Å². The number of anilines is 1. The molecule has 1 N–H and O–H groups in total. The normalized spacial score (nSPS) is 11.6. The quantitative estimate of drug-likeness (QED) is 0.518. The van der Waals surface area contributed by atoms with E-state index in [-0.39, 0.29) is 4.90 Å². The molecule has 2 heterocycles. The third kappa shape index (κ3) is 3.23. The smallest absolute Gasteiger partial charge is 0.263 e. The standard InChI is InChI=1S/C19H14BrN3O2S/c20-16-5-1-2-6-18(16)26(24,25)22-15-10-8-14(9-11-15)17-13-23-12-4-3-7-19(23)21-17/h1-13,22H. The van der Waals surface area contributed by atoms with Crippen molar-refractivity contribution < 1.29 is 8.42 Å². The average molecular weight is 428 g/mol. The van der Waals surface area contributed by atoms with Crippen LogP contribution in [-0.4, -0.2) is 17.8 Å². The number of rotatable bonds is 4. The highest BCUT2D eigenvalue weighted by molar-refractivity contribution is 9.10. The molecule has 4 rings (SSSR count). The van der Waals surface area contributed by atoms with Crippen molar-refractivity contribution >= 4 is 37.3 Å². The molecule has 0 bridgehead atoms. The molecule has 5 nitrogen and oxygen atoms in total. The first-order valence-corrected chi connectivity index (χ1v) is 10.1. The first-order valence-electron chi connectivity index (χ1n) is 7.84. The summed E-state index contributed by atoms with van der Waals surface area (Å²) in [4.78, 5) is 4.76. The van der Waals surface area contributed by atoms with Gasteiger partial charge in [-0.2, -0.15) is 0 Å². The van der Waals surface area contributed by atoms with Crippen LogP contribution < -0.4 is 4.72 Å². The van der Waals surface area contributed by atoms with Gasteiger partial charge < -0.3 is 4.40 Å². The first kappa shape index (κ1) is 16.8. The van der Waals surface area contributed by atoms with Crippen LogP contribution in [-0.2, 0) is 10.0 Å². The zero-order chi connectivity index (χ0) is 18.1. The third-order valence-corrected chi connectivity index (χ3v) is 6.32. The Kier molecular flexibility index (Phi) is 4.26. The van der Waals surface area contributed by atoms with E-state index in [0.29, 0.717) is 10.2 Å². The van der Waals surface area contributed by atoms with Crippen LogP contribution in [0, 0.1) is 0 Å². The number of imidazole rings is 1. The molecule has 0 fully saturated rings. The maximum Gasteiger partial charge on any atom is 0.263 e. The van der Waals surface area contributed by atoms with Gasteiger partial charge in [0, 0.05) is 28.1 Å². The fourth-order valence-corrected chi connectivity index (χ4v) is 4.72. The Morgan fingerprint density at radius 1 is 0.923 bits per heavy atom. The van der Waals surface area contributed by atoms with Crippen molar-refractivity contribution in [2.75, 3.05) is 4.72 Å². The molecule has 26 heavy (non-hydrogen) atoms. The van der Waals surface area contributed by atoms with Crippen LogP contribution in [0.3, 0.4) is 0 Å². The van der Waals surface area contributed by atoms with Gasteiger partial charge in [0.25, 0.3) is 10.0 Å². The molecule has 2 aromatic carbocycles. The summed E-state index contributed by atoms with van der Waals surface area (Å²) in [5.41, 5.74) is 3.10. The zero-order valence-corrected chi connectivity index (χ0v) is 15.9. The summed E-state index contributed by atoms with van der Waals surface area (Å²) in [6.45, 7) is 0. The van der Waals surface area contributed by atoms with Crippen molar-refractivity contribution in [2.24, 2.45) is 0 Å². The summed E-state index contributed by atoms with van der Waals surface area (Å²) < 4.78 is 30.1. The fourth-order valence-electron chi connectivity index (χ4n) is 2.66. The number of halogens is 1. The molecule has 0 spiro atoms. The van der Waals surface area contributed by atoms with Crippen molar-refractivity contribution in [2.45, 2.75) is 4.90 Å². The zero-order valence-electron chi connectivity index (χ0n) is 13.5. The van der Waals surface area contributed by atoms with Gasteiger partial charge in [-0.3, -0.25) is 4.72 Å². The van der Waals surface area contributed by atoms with Crippen molar-refractivity contribution in [1.82, 2.24) is 9.38 Å². The molecule has 0 aliphatic rings. The van der Waals surface area contributed by atoms with Crippen LogP contribution in [0.4, 0.5) is 5.69 Å². The van der Waals surface area contributed by atoms with Crippen molar-refractivity contribution in [3.63, 3.8) is 0 Å². The molecule has 0 unspecified atom stereocenters. The Labute approximate surface area is 159 Å². The monoisotopic (exact) mass is 427 g/mol. The Balaban J connectivity index is 1.61. The van der Waals surface area contributed by atoms with E-state index in [1.165, 1.54) is 0 Å². The van der Waals surface area contributed by atoms with E-state index >= 15 is 0 Å². The minimum atomic E-state index is -3.66. The van der Waals surface area contributed by atoms with Gasteiger partial charge in [0.2, 0.25) is 0 Å². The Morgan fingerprint density at radius 3 is 2.38 bits per heavy atom. The molecule has 0 amide bonds. The summed E-state index contributed by atoms with van der Waals surface area (Å²) in [5.74, 6) is 0. The highest BCUT2D eigenvalue weighted by Crippen LogP contribution is 2.25. The van der Waals surface area contributed by atoms with Crippen LogP contribution in [0.5, 0.6) is 0 Å². The van der Waals surface area contributed by atoms with Crippen LogP contribution in [0.25, 0.3) is 16.9 Å². The van der Waals surface area contributed by atoms with E-state index in [0.717, 1.165) is 16.9 Å². The molecule has 0 aliphatic heterocycles. The molecule has 2 aromatic heterocycles. The van der Waals surface area contributed by atoms with E-state index in [1.807, 2.05) is 47.1 Å². The van der Waals surface area contributed by atoms with E-state index in [2.05, 4.69) is 25.6 Å². The number of pyridine rings is 1. The number of benzene rings is 2. The first-order chi connectivity index (χ1) is 12.5. The minimum absolute atomic E-state index is 0.199.